The van der Waals surface area contributed by atoms with Crippen molar-refractivity contribution in [2.75, 3.05) is 0 Å². The van der Waals surface area contributed by atoms with E-state index in [0.717, 1.165) is 24.0 Å². The zero-order valence-corrected chi connectivity index (χ0v) is 14.7. The van der Waals surface area contributed by atoms with E-state index in [9.17, 15) is 9.59 Å². The lowest BCUT2D eigenvalue weighted by atomic mass is 9.98. The smallest absolute Gasteiger partial charge is 0.332 e. The molecule has 1 saturated carbocycles. The van der Waals surface area contributed by atoms with Crippen molar-refractivity contribution in [3.63, 3.8) is 0 Å². The SMILES string of the molecule is O=C(NCc1ccccc1)NC1(C(=O)OCc2ccccc2)CCCC1. The minimum Gasteiger partial charge on any atom is -0.459 e. The molecule has 0 saturated heterocycles. The summed E-state index contributed by atoms with van der Waals surface area (Å²) in [6, 6.07) is 18.9. The van der Waals surface area contributed by atoms with Gasteiger partial charge in [0.25, 0.3) is 0 Å². The number of carbonyl (C=O) groups excluding carboxylic acids is 2. The first kappa shape index (κ1) is 18.0. The predicted molar refractivity (Wildman–Crippen MR) is 99.3 cm³/mol. The summed E-state index contributed by atoms with van der Waals surface area (Å²) >= 11 is 0. The van der Waals surface area contributed by atoms with Crippen molar-refractivity contribution in [1.82, 2.24) is 10.6 Å². The molecule has 2 aromatic carbocycles. The van der Waals surface area contributed by atoms with Gasteiger partial charge in [0.15, 0.2) is 0 Å². The Bertz CT molecular complexity index is 725. The van der Waals surface area contributed by atoms with Crippen LogP contribution in [0.2, 0.25) is 0 Å². The average Bonchev–Trinajstić information content (AvgIpc) is 3.16. The molecule has 0 heterocycles. The van der Waals surface area contributed by atoms with Gasteiger partial charge in [0.05, 0.1) is 0 Å². The lowest BCUT2D eigenvalue weighted by molar-refractivity contribution is -0.152. The van der Waals surface area contributed by atoms with Gasteiger partial charge in [-0.3, -0.25) is 0 Å². The quantitative estimate of drug-likeness (QED) is 0.782. The highest BCUT2D eigenvalue weighted by atomic mass is 16.5. The molecule has 26 heavy (non-hydrogen) atoms. The van der Waals surface area contributed by atoms with Gasteiger partial charge in [-0.25, -0.2) is 9.59 Å². The first-order chi connectivity index (χ1) is 12.7. The molecule has 5 heteroatoms. The van der Waals surface area contributed by atoms with E-state index in [-0.39, 0.29) is 18.6 Å². The molecule has 1 aliphatic rings. The Labute approximate surface area is 153 Å². The molecule has 0 radical (unpaired) electrons. The van der Waals surface area contributed by atoms with E-state index in [0.29, 0.717) is 19.4 Å². The lowest BCUT2D eigenvalue weighted by Crippen LogP contribution is -2.56. The molecule has 0 unspecified atom stereocenters. The fourth-order valence-corrected chi connectivity index (χ4v) is 3.26. The van der Waals surface area contributed by atoms with Crippen LogP contribution in [0.25, 0.3) is 0 Å². The van der Waals surface area contributed by atoms with Crippen molar-refractivity contribution in [1.29, 1.82) is 0 Å². The number of hydrogen-bond acceptors (Lipinski definition) is 3. The Morgan fingerprint density at radius 1 is 0.885 bits per heavy atom. The van der Waals surface area contributed by atoms with Crippen LogP contribution in [0.1, 0.15) is 36.8 Å². The van der Waals surface area contributed by atoms with E-state index >= 15 is 0 Å². The number of urea groups is 1. The maximum absolute atomic E-state index is 12.7. The van der Waals surface area contributed by atoms with Gasteiger partial charge in [-0.1, -0.05) is 73.5 Å². The number of hydrogen-bond donors (Lipinski definition) is 2. The van der Waals surface area contributed by atoms with Crippen LogP contribution in [0.4, 0.5) is 4.79 Å². The summed E-state index contributed by atoms with van der Waals surface area (Å²) in [5.41, 5.74) is 1.02. The van der Waals surface area contributed by atoms with Crippen molar-refractivity contribution < 1.29 is 14.3 Å². The van der Waals surface area contributed by atoms with Crippen LogP contribution in [-0.4, -0.2) is 17.5 Å². The number of ether oxygens (including phenoxy) is 1. The highest BCUT2D eigenvalue weighted by Gasteiger charge is 2.44. The normalized spacial score (nSPS) is 15.2. The molecule has 136 valence electrons. The summed E-state index contributed by atoms with van der Waals surface area (Å²) in [6.45, 7) is 0.635. The van der Waals surface area contributed by atoms with E-state index in [1.165, 1.54) is 0 Å². The molecule has 0 bridgehead atoms. The number of benzene rings is 2. The van der Waals surface area contributed by atoms with E-state index in [1.54, 1.807) is 0 Å². The second-order valence-electron chi connectivity index (χ2n) is 6.64. The predicted octanol–water partition coefficient (Wildman–Crippen LogP) is 3.54. The van der Waals surface area contributed by atoms with Crippen molar-refractivity contribution in [2.24, 2.45) is 0 Å². The Balaban J connectivity index is 1.56. The highest BCUT2D eigenvalue weighted by molar-refractivity contribution is 5.87. The van der Waals surface area contributed by atoms with E-state index in [1.807, 2.05) is 60.7 Å². The molecule has 2 amide bonds. The summed E-state index contributed by atoms with van der Waals surface area (Å²) in [7, 11) is 0. The van der Waals surface area contributed by atoms with Gasteiger partial charge < -0.3 is 15.4 Å². The number of rotatable bonds is 6. The van der Waals surface area contributed by atoms with Gasteiger partial charge in [-0.05, 0) is 24.0 Å². The van der Waals surface area contributed by atoms with Crippen molar-refractivity contribution in [2.45, 2.75) is 44.4 Å². The minimum atomic E-state index is -0.921. The number of nitrogens with one attached hydrogen (secondary N) is 2. The van der Waals surface area contributed by atoms with Gasteiger partial charge in [0, 0.05) is 6.54 Å². The molecule has 0 aliphatic heterocycles. The summed E-state index contributed by atoms with van der Waals surface area (Å²) in [4.78, 5) is 25.0. The summed E-state index contributed by atoms with van der Waals surface area (Å²) in [5, 5.41) is 5.70. The van der Waals surface area contributed by atoms with Crippen LogP contribution in [0.3, 0.4) is 0 Å². The number of amides is 2. The molecule has 3 rings (SSSR count). The van der Waals surface area contributed by atoms with Crippen LogP contribution >= 0.6 is 0 Å². The maximum Gasteiger partial charge on any atom is 0.332 e. The average molecular weight is 352 g/mol. The molecule has 1 aliphatic carbocycles. The number of carbonyl (C=O) groups is 2. The fourth-order valence-electron chi connectivity index (χ4n) is 3.26. The second-order valence-corrected chi connectivity index (χ2v) is 6.64. The zero-order chi connectivity index (χ0) is 18.2. The van der Waals surface area contributed by atoms with Crippen LogP contribution in [0, 0.1) is 0 Å². The minimum absolute atomic E-state index is 0.217. The molecular weight excluding hydrogens is 328 g/mol. The Morgan fingerprint density at radius 3 is 2.08 bits per heavy atom. The molecule has 0 spiro atoms. The van der Waals surface area contributed by atoms with Crippen molar-refractivity contribution >= 4 is 12.0 Å². The monoisotopic (exact) mass is 352 g/mol. The largest absolute Gasteiger partial charge is 0.459 e. The molecular formula is C21H24N2O3. The Hall–Kier alpha value is -2.82. The first-order valence-electron chi connectivity index (χ1n) is 8.99. The zero-order valence-electron chi connectivity index (χ0n) is 14.7. The van der Waals surface area contributed by atoms with Crippen LogP contribution in [0.15, 0.2) is 60.7 Å². The van der Waals surface area contributed by atoms with E-state index in [4.69, 9.17) is 4.74 Å². The lowest BCUT2D eigenvalue weighted by Gasteiger charge is -2.28. The second kappa shape index (κ2) is 8.52. The van der Waals surface area contributed by atoms with Gasteiger partial charge >= 0.3 is 12.0 Å². The molecule has 5 nitrogen and oxygen atoms in total. The Kier molecular flexibility index (Phi) is 5.89. The number of esters is 1. The van der Waals surface area contributed by atoms with Gasteiger partial charge in [-0.2, -0.15) is 0 Å². The van der Waals surface area contributed by atoms with Crippen LogP contribution in [0.5, 0.6) is 0 Å². The first-order valence-corrected chi connectivity index (χ1v) is 8.99. The van der Waals surface area contributed by atoms with E-state index in [2.05, 4.69) is 10.6 Å². The summed E-state index contributed by atoms with van der Waals surface area (Å²) < 4.78 is 5.50. The van der Waals surface area contributed by atoms with Gasteiger partial charge in [0.2, 0.25) is 0 Å². The fraction of sp³-hybridized carbons (Fsp3) is 0.333. The Morgan fingerprint density at radius 2 is 1.46 bits per heavy atom. The third-order valence-electron chi connectivity index (χ3n) is 4.71. The topological polar surface area (TPSA) is 67.4 Å². The third kappa shape index (κ3) is 4.63. The molecule has 2 aromatic rings. The van der Waals surface area contributed by atoms with Crippen LogP contribution in [-0.2, 0) is 22.7 Å². The molecule has 1 fully saturated rings. The highest BCUT2D eigenvalue weighted by Crippen LogP contribution is 2.31. The van der Waals surface area contributed by atoms with E-state index < -0.39 is 5.54 Å². The standard InChI is InChI=1S/C21H24N2O3/c24-19(26-16-18-11-5-2-6-12-18)21(13-7-8-14-21)23-20(25)22-15-17-9-3-1-4-10-17/h1-6,9-12H,7-8,13-16H2,(H2,22,23,25). The molecule has 0 aromatic heterocycles. The third-order valence-corrected chi connectivity index (χ3v) is 4.71. The summed E-state index contributed by atoms with van der Waals surface area (Å²) in [6.07, 6.45) is 3.03. The van der Waals surface area contributed by atoms with Gasteiger partial charge in [-0.15, -0.1) is 0 Å². The van der Waals surface area contributed by atoms with Gasteiger partial charge in [0.1, 0.15) is 12.1 Å². The van der Waals surface area contributed by atoms with Crippen molar-refractivity contribution in [3.8, 4) is 0 Å². The molecule has 0 atom stereocenters. The molecule has 2 N–H and O–H groups in total. The maximum atomic E-state index is 12.7. The van der Waals surface area contributed by atoms with Crippen molar-refractivity contribution in [3.05, 3.63) is 71.8 Å². The van der Waals surface area contributed by atoms with Crippen LogP contribution < -0.4 is 10.6 Å². The summed E-state index contributed by atoms with van der Waals surface area (Å²) in [5.74, 6) is -0.353.